The zero-order chi connectivity index (χ0) is 15.9. The lowest BCUT2D eigenvalue weighted by atomic mass is 10.1. The fourth-order valence-corrected chi connectivity index (χ4v) is 2.86. The summed E-state index contributed by atoms with van der Waals surface area (Å²) in [7, 11) is 0. The number of carbonyl (C=O) groups is 2. The molecule has 1 aromatic rings. The normalized spacial score (nSPS) is 16.5. The molecule has 0 bridgehead atoms. The Labute approximate surface area is 133 Å². The van der Waals surface area contributed by atoms with Gasteiger partial charge in [0.25, 0.3) is 0 Å². The van der Waals surface area contributed by atoms with Gasteiger partial charge in [-0.15, -0.1) is 0 Å². The smallest absolute Gasteiger partial charge is 0.330 e. The average molecular weight is 321 g/mol. The molecule has 116 valence electrons. The number of amides is 3. The number of halogens is 1. The Kier molecular flexibility index (Phi) is 3.78. The van der Waals surface area contributed by atoms with E-state index in [1.165, 1.54) is 4.90 Å². The molecule has 3 amide bonds. The molecule has 0 spiro atoms. The molecule has 2 aliphatic heterocycles. The van der Waals surface area contributed by atoms with Gasteiger partial charge in [-0.25, -0.2) is 4.79 Å². The van der Waals surface area contributed by atoms with Crippen LogP contribution in [0.25, 0.3) is 0 Å². The molecule has 6 nitrogen and oxygen atoms in total. The van der Waals surface area contributed by atoms with Crippen LogP contribution in [0.3, 0.4) is 0 Å². The van der Waals surface area contributed by atoms with Crippen molar-refractivity contribution < 1.29 is 9.59 Å². The summed E-state index contributed by atoms with van der Waals surface area (Å²) >= 11 is 6.06. The number of rotatable bonds is 3. The van der Waals surface area contributed by atoms with Crippen molar-refractivity contribution in [2.24, 2.45) is 4.99 Å². The summed E-state index contributed by atoms with van der Waals surface area (Å²) in [5, 5.41) is 3.32. The molecule has 1 aromatic carbocycles. The van der Waals surface area contributed by atoms with E-state index in [1.54, 1.807) is 17.0 Å². The van der Waals surface area contributed by atoms with Gasteiger partial charge in [-0.2, -0.15) is 0 Å². The van der Waals surface area contributed by atoms with Crippen molar-refractivity contribution >= 4 is 35.1 Å². The fourth-order valence-electron chi connectivity index (χ4n) is 2.69. The number of carbonyl (C=O) groups excluding carboxylic acids is 2. The van der Waals surface area contributed by atoms with Crippen molar-refractivity contribution in [1.82, 2.24) is 10.2 Å². The van der Waals surface area contributed by atoms with Gasteiger partial charge in [0.05, 0.1) is 12.2 Å². The van der Waals surface area contributed by atoms with Crippen molar-refractivity contribution in [2.75, 3.05) is 24.5 Å². The van der Waals surface area contributed by atoms with E-state index >= 15 is 0 Å². The van der Waals surface area contributed by atoms with Crippen molar-refractivity contribution in [2.45, 2.75) is 19.9 Å². The first-order valence-electron chi connectivity index (χ1n) is 7.20. The van der Waals surface area contributed by atoms with Gasteiger partial charge < -0.3 is 5.32 Å². The molecule has 0 fully saturated rings. The first-order valence-corrected chi connectivity index (χ1v) is 7.58. The summed E-state index contributed by atoms with van der Waals surface area (Å²) in [5.74, 6) is 0.464. The number of amidine groups is 1. The number of fused-ring (bicyclic) bond motifs is 3. The zero-order valence-corrected chi connectivity index (χ0v) is 13.2. The van der Waals surface area contributed by atoms with Crippen LogP contribution in [0.2, 0.25) is 5.02 Å². The molecule has 3 rings (SSSR count). The molecule has 0 aromatic heterocycles. The number of anilines is 1. The number of nitrogens with one attached hydrogen (secondary N) is 1. The highest BCUT2D eigenvalue weighted by Gasteiger charge is 2.38. The molecule has 2 aliphatic rings. The van der Waals surface area contributed by atoms with E-state index in [0.29, 0.717) is 29.6 Å². The van der Waals surface area contributed by atoms with Gasteiger partial charge in [-0.1, -0.05) is 11.6 Å². The number of aliphatic imine (C=N–C) groups is 1. The molecule has 0 radical (unpaired) electrons. The van der Waals surface area contributed by atoms with Crippen molar-refractivity contribution in [3.05, 3.63) is 28.8 Å². The first-order chi connectivity index (χ1) is 10.5. The molecule has 7 heteroatoms. The monoisotopic (exact) mass is 320 g/mol. The number of hydrogen-bond acceptors (Lipinski definition) is 3. The standard InChI is InChI=1S/C15H17ClN4O2/c1-9(2)18-13(21)8-20-12-7-10(16)3-4-11(12)14-17-5-6-19(14)15(20)22/h3-4,7,9H,5-6,8H2,1-2H3,(H,18,21). The molecule has 0 aliphatic carbocycles. The molecule has 22 heavy (non-hydrogen) atoms. The molecule has 0 saturated carbocycles. The minimum atomic E-state index is -0.232. The van der Waals surface area contributed by atoms with Crippen LogP contribution in [0.15, 0.2) is 23.2 Å². The second-order valence-corrected chi connectivity index (χ2v) is 6.05. The minimum absolute atomic E-state index is 0.0233. The number of benzene rings is 1. The van der Waals surface area contributed by atoms with E-state index in [9.17, 15) is 9.59 Å². The zero-order valence-electron chi connectivity index (χ0n) is 12.5. The lowest BCUT2D eigenvalue weighted by Gasteiger charge is -2.35. The van der Waals surface area contributed by atoms with Crippen LogP contribution in [0.4, 0.5) is 10.5 Å². The van der Waals surface area contributed by atoms with Crippen LogP contribution in [-0.2, 0) is 4.79 Å². The van der Waals surface area contributed by atoms with Crippen molar-refractivity contribution in [3.63, 3.8) is 0 Å². The fraction of sp³-hybridized carbons (Fsp3) is 0.400. The van der Waals surface area contributed by atoms with Crippen LogP contribution in [-0.4, -0.2) is 48.3 Å². The van der Waals surface area contributed by atoms with Crippen LogP contribution < -0.4 is 10.2 Å². The van der Waals surface area contributed by atoms with Gasteiger partial charge >= 0.3 is 6.03 Å². The third kappa shape index (κ3) is 2.54. The first kappa shape index (κ1) is 14.8. The van der Waals surface area contributed by atoms with Gasteiger partial charge in [0.1, 0.15) is 12.4 Å². The Bertz CT molecular complexity index is 672. The maximum Gasteiger partial charge on any atom is 0.330 e. The lowest BCUT2D eigenvalue weighted by molar-refractivity contribution is -0.120. The molecule has 0 unspecified atom stereocenters. The second-order valence-electron chi connectivity index (χ2n) is 5.61. The summed E-state index contributed by atoms with van der Waals surface area (Å²) < 4.78 is 0. The van der Waals surface area contributed by atoms with Gasteiger partial charge in [0.15, 0.2) is 0 Å². The number of nitrogens with zero attached hydrogens (tertiary/aromatic N) is 3. The Morgan fingerprint density at radius 3 is 2.95 bits per heavy atom. The van der Waals surface area contributed by atoms with E-state index in [4.69, 9.17) is 11.6 Å². The Balaban J connectivity index is 1.98. The third-order valence-electron chi connectivity index (χ3n) is 3.55. The molecule has 2 heterocycles. The molecule has 1 N–H and O–H groups in total. The van der Waals surface area contributed by atoms with Gasteiger partial charge in [-0.05, 0) is 32.0 Å². The van der Waals surface area contributed by atoms with Gasteiger partial charge in [0, 0.05) is 23.2 Å². The van der Waals surface area contributed by atoms with Crippen LogP contribution in [0.1, 0.15) is 19.4 Å². The Hall–Kier alpha value is -2.08. The van der Waals surface area contributed by atoms with E-state index in [-0.39, 0.29) is 24.5 Å². The topological polar surface area (TPSA) is 65.0 Å². The SMILES string of the molecule is CC(C)NC(=O)CN1C(=O)N2CCN=C2c2ccc(Cl)cc21. The Morgan fingerprint density at radius 2 is 2.23 bits per heavy atom. The summed E-state index contributed by atoms with van der Waals surface area (Å²) in [4.78, 5) is 32.2. The molecular formula is C15H17ClN4O2. The second kappa shape index (κ2) is 5.61. The highest BCUT2D eigenvalue weighted by atomic mass is 35.5. The maximum absolute atomic E-state index is 12.7. The number of urea groups is 1. The molecule has 0 saturated heterocycles. The summed E-state index contributed by atoms with van der Waals surface area (Å²) in [6, 6.07) is 5.10. The van der Waals surface area contributed by atoms with E-state index in [0.717, 1.165) is 5.56 Å². The summed E-state index contributed by atoms with van der Waals surface area (Å²) in [6.45, 7) is 4.85. The highest BCUT2D eigenvalue weighted by molar-refractivity contribution is 6.31. The van der Waals surface area contributed by atoms with E-state index in [2.05, 4.69) is 10.3 Å². The predicted octanol–water partition coefficient (Wildman–Crippen LogP) is 1.87. The van der Waals surface area contributed by atoms with Crippen LogP contribution in [0, 0.1) is 0 Å². The van der Waals surface area contributed by atoms with E-state index < -0.39 is 0 Å². The average Bonchev–Trinajstić information content (AvgIpc) is 2.92. The van der Waals surface area contributed by atoms with Crippen LogP contribution in [0.5, 0.6) is 0 Å². The minimum Gasteiger partial charge on any atom is -0.352 e. The summed E-state index contributed by atoms with van der Waals surface area (Å²) in [6.07, 6.45) is 0. The highest BCUT2D eigenvalue weighted by Crippen LogP contribution is 2.32. The quantitative estimate of drug-likeness (QED) is 0.924. The lowest BCUT2D eigenvalue weighted by Crippen LogP contribution is -2.53. The van der Waals surface area contributed by atoms with E-state index in [1.807, 2.05) is 19.9 Å². The summed E-state index contributed by atoms with van der Waals surface area (Å²) in [5.41, 5.74) is 1.46. The maximum atomic E-state index is 12.7. The third-order valence-corrected chi connectivity index (χ3v) is 3.78. The van der Waals surface area contributed by atoms with Gasteiger partial charge in [-0.3, -0.25) is 19.6 Å². The van der Waals surface area contributed by atoms with Crippen molar-refractivity contribution in [1.29, 1.82) is 0 Å². The Morgan fingerprint density at radius 1 is 1.45 bits per heavy atom. The number of hydrogen-bond donors (Lipinski definition) is 1. The van der Waals surface area contributed by atoms with Crippen LogP contribution >= 0.6 is 11.6 Å². The largest absolute Gasteiger partial charge is 0.352 e. The predicted molar refractivity (Wildman–Crippen MR) is 85.6 cm³/mol. The molecular weight excluding hydrogens is 304 g/mol. The van der Waals surface area contributed by atoms with Crippen molar-refractivity contribution in [3.8, 4) is 0 Å². The molecule has 0 atom stereocenters. The van der Waals surface area contributed by atoms with Gasteiger partial charge in [0.2, 0.25) is 5.91 Å².